The lowest BCUT2D eigenvalue weighted by Gasteiger charge is -2.35. The van der Waals surface area contributed by atoms with Gasteiger partial charge in [-0.1, -0.05) is 6.07 Å². The maximum absolute atomic E-state index is 12.9. The van der Waals surface area contributed by atoms with E-state index in [0.29, 0.717) is 13.1 Å². The van der Waals surface area contributed by atoms with E-state index in [4.69, 9.17) is 12.2 Å². The zero-order chi connectivity index (χ0) is 17.3. The minimum atomic E-state index is -4.51. The number of pyridine rings is 1. The molecule has 130 valence electrons. The lowest BCUT2D eigenvalue weighted by Crippen LogP contribution is -2.47. The van der Waals surface area contributed by atoms with E-state index >= 15 is 0 Å². The molecule has 0 atom stereocenters. The van der Waals surface area contributed by atoms with E-state index in [1.165, 1.54) is 11.7 Å². The van der Waals surface area contributed by atoms with Crippen molar-refractivity contribution in [1.82, 2.24) is 24.2 Å². The SMILES string of the molecule is Cn1c(C(F)(F)F)nn(CN2CCN(c3ccccn3)CC2)c1=S. The van der Waals surface area contributed by atoms with Crippen LogP contribution >= 0.6 is 12.2 Å². The van der Waals surface area contributed by atoms with Crippen LogP contribution in [0.2, 0.25) is 0 Å². The Bertz CT molecular complexity index is 746. The highest BCUT2D eigenvalue weighted by atomic mass is 32.1. The zero-order valence-corrected chi connectivity index (χ0v) is 13.9. The van der Waals surface area contributed by atoms with Gasteiger partial charge in [-0.3, -0.25) is 9.47 Å². The van der Waals surface area contributed by atoms with Gasteiger partial charge >= 0.3 is 6.18 Å². The second-order valence-electron chi connectivity index (χ2n) is 5.60. The normalized spacial score (nSPS) is 16.6. The molecule has 0 radical (unpaired) electrons. The van der Waals surface area contributed by atoms with Crippen LogP contribution in [0.3, 0.4) is 0 Å². The molecule has 2 aromatic rings. The van der Waals surface area contributed by atoms with Crippen molar-refractivity contribution in [2.24, 2.45) is 7.05 Å². The van der Waals surface area contributed by atoms with Gasteiger partial charge in [0.15, 0.2) is 4.77 Å². The third-order valence-electron chi connectivity index (χ3n) is 3.97. The molecule has 1 saturated heterocycles. The number of aromatic nitrogens is 4. The third kappa shape index (κ3) is 3.44. The van der Waals surface area contributed by atoms with Crippen LogP contribution in [-0.2, 0) is 19.9 Å². The summed E-state index contributed by atoms with van der Waals surface area (Å²) in [5, 5.41) is 3.63. The summed E-state index contributed by atoms with van der Waals surface area (Å²) < 4.78 is 40.9. The van der Waals surface area contributed by atoms with Crippen molar-refractivity contribution in [2.75, 3.05) is 31.1 Å². The van der Waals surface area contributed by atoms with E-state index < -0.39 is 12.0 Å². The second kappa shape index (κ2) is 6.52. The van der Waals surface area contributed by atoms with Crippen LogP contribution in [0, 0.1) is 4.77 Å². The standard InChI is InChI=1S/C14H17F3N6S/c1-20-12(14(15,16)17)19-23(13(20)24)10-21-6-8-22(9-7-21)11-4-2-3-5-18-11/h2-5H,6-10H2,1H3. The van der Waals surface area contributed by atoms with Crippen LogP contribution in [0.1, 0.15) is 5.82 Å². The summed E-state index contributed by atoms with van der Waals surface area (Å²) in [4.78, 5) is 8.49. The van der Waals surface area contributed by atoms with Gasteiger partial charge in [-0.25, -0.2) is 9.67 Å². The highest BCUT2D eigenvalue weighted by Gasteiger charge is 2.37. The molecule has 10 heteroatoms. The van der Waals surface area contributed by atoms with Crippen LogP contribution in [-0.4, -0.2) is 50.4 Å². The number of halogens is 3. The van der Waals surface area contributed by atoms with E-state index in [2.05, 4.69) is 15.0 Å². The summed E-state index contributed by atoms with van der Waals surface area (Å²) >= 11 is 5.07. The van der Waals surface area contributed by atoms with Gasteiger partial charge in [0.05, 0.1) is 6.67 Å². The Labute approximate surface area is 142 Å². The Morgan fingerprint density at radius 1 is 1.17 bits per heavy atom. The third-order valence-corrected chi connectivity index (χ3v) is 4.46. The fraction of sp³-hybridized carbons (Fsp3) is 0.500. The maximum Gasteiger partial charge on any atom is 0.451 e. The minimum Gasteiger partial charge on any atom is -0.354 e. The molecular formula is C14H17F3N6S. The number of hydrogen-bond acceptors (Lipinski definition) is 5. The topological polar surface area (TPSA) is 42.1 Å². The average molecular weight is 358 g/mol. The number of alkyl halides is 3. The number of anilines is 1. The van der Waals surface area contributed by atoms with Gasteiger partial charge in [0, 0.05) is 39.4 Å². The Morgan fingerprint density at radius 3 is 2.42 bits per heavy atom. The predicted molar refractivity (Wildman–Crippen MR) is 85.1 cm³/mol. The van der Waals surface area contributed by atoms with Crippen molar-refractivity contribution in [3.05, 3.63) is 35.0 Å². The van der Waals surface area contributed by atoms with Crippen molar-refractivity contribution >= 4 is 18.0 Å². The molecule has 0 amide bonds. The van der Waals surface area contributed by atoms with Gasteiger partial charge in [-0.2, -0.15) is 13.2 Å². The van der Waals surface area contributed by atoms with Crippen molar-refractivity contribution in [3.8, 4) is 0 Å². The van der Waals surface area contributed by atoms with E-state index in [0.717, 1.165) is 23.5 Å². The number of piperazine rings is 1. The molecule has 0 saturated carbocycles. The van der Waals surface area contributed by atoms with Crippen LogP contribution < -0.4 is 4.90 Å². The smallest absolute Gasteiger partial charge is 0.354 e. The van der Waals surface area contributed by atoms with Crippen LogP contribution in [0.4, 0.5) is 19.0 Å². The Kier molecular flexibility index (Phi) is 4.59. The van der Waals surface area contributed by atoms with Gasteiger partial charge in [0.1, 0.15) is 5.82 Å². The van der Waals surface area contributed by atoms with Gasteiger partial charge in [0.2, 0.25) is 5.82 Å². The minimum absolute atomic E-state index is 0.0643. The predicted octanol–water partition coefficient (Wildman–Crippen LogP) is 2.14. The average Bonchev–Trinajstić information content (AvgIpc) is 2.85. The Morgan fingerprint density at radius 2 is 1.88 bits per heavy atom. The molecule has 1 aliphatic rings. The molecule has 24 heavy (non-hydrogen) atoms. The summed E-state index contributed by atoms with van der Waals surface area (Å²) in [5.74, 6) is -0.0643. The van der Waals surface area contributed by atoms with E-state index in [1.807, 2.05) is 23.1 Å². The summed E-state index contributed by atoms with van der Waals surface area (Å²) in [6.07, 6.45) is -2.77. The summed E-state index contributed by atoms with van der Waals surface area (Å²) in [7, 11) is 1.29. The molecule has 0 N–H and O–H groups in total. The first-order valence-electron chi connectivity index (χ1n) is 7.45. The van der Waals surface area contributed by atoms with E-state index in [1.54, 1.807) is 6.20 Å². The van der Waals surface area contributed by atoms with Gasteiger partial charge in [-0.15, -0.1) is 5.10 Å². The summed E-state index contributed by atoms with van der Waals surface area (Å²) in [6.45, 7) is 3.16. The quantitative estimate of drug-likeness (QED) is 0.787. The van der Waals surface area contributed by atoms with Gasteiger partial charge < -0.3 is 4.90 Å². The molecule has 2 aromatic heterocycles. The fourth-order valence-corrected chi connectivity index (χ4v) is 2.86. The second-order valence-corrected chi connectivity index (χ2v) is 5.96. The lowest BCUT2D eigenvalue weighted by molar-refractivity contribution is -0.147. The molecule has 0 bridgehead atoms. The van der Waals surface area contributed by atoms with Gasteiger partial charge in [-0.05, 0) is 24.4 Å². The maximum atomic E-state index is 12.9. The highest BCUT2D eigenvalue weighted by molar-refractivity contribution is 7.71. The molecule has 0 aromatic carbocycles. The largest absolute Gasteiger partial charge is 0.451 e. The Hall–Kier alpha value is -1.94. The number of hydrogen-bond donors (Lipinski definition) is 0. The summed E-state index contributed by atoms with van der Waals surface area (Å²) in [6, 6.07) is 5.74. The monoisotopic (exact) mass is 358 g/mol. The first-order chi connectivity index (χ1) is 11.4. The van der Waals surface area contributed by atoms with Crippen LogP contribution in [0.5, 0.6) is 0 Å². The number of nitrogens with zero attached hydrogens (tertiary/aromatic N) is 6. The van der Waals surface area contributed by atoms with Crippen LogP contribution in [0.15, 0.2) is 24.4 Å². The molecule has 6 nitrogen and oxygen atoms in total. The summed E-state index contributed by atoms with van der Waals surface area (Å²) in [5.41, 5.74) is 0. The van der Waals surface area contributed by atoms with Crippen molar-refractivity contribution < 1.29 is 13.2 Å². The molecule has 0 aliphatic carbocycles. The first-order valence-corrected chi connectivity index (χ1v) is 7.86. The molecule has 3 rings (SSSR count). The first kappa shape index (κ1) is 16.9. The molecule has 3 heterocycles. The number of rotatable bonds is 3. The zero-order valence-electron chi connectivity index (χ0n) is 13.1. The van der Waals surface area contributed by atoms with E-state index in [9.17, 15) is 13.2 Å². The highest BCUT2D eigenvalue weighted by Crippen LogP contribution is 2.27. The lowest BCUT2D eigenvalue weighted by atomic mass is 10.3. The molecule has 0 spiro atoms. The molecule has 1 aliphatic heterocycles. The van der Waals surface area contributed by atoms with Gasteiger partial charge in [0.25, 0.3) is 0 Å². The molecular weight excluding hydrogens is 341 g/mol. The van der Waals surface area contributed by atoms with Crippen LogP contribution in [0.25, 0.3) is 0 Å². The van der Waals surface area contributed by atoms with E-state index in [-0.39, 0.29) is 11.4 Å². The Balaban J connectivity index is 1.66. The van der Waals surface area contributed by atoms with Crippen molar-refractivity contribution in [1.29, 1.82) is 0 Å². The fourth-order valence-electron chi connectivity index (χ4n) is 2.68. The molecule has 0 unspecified atom stereocenters. The molecule has 1 fully saturated rings. The van der Waals surface area contributed by atoms with Crippen molar-refractivity contribution in [2.45, 2.75) is 12.8 Å². The van der Waals surface area contributed by atoms with Crippen molar-refractivity contribution in [3.63, 3.8) is 0 Å².